The second kappa shape index (κ2) is 6.41. The van der Waals surface area contributed by atoms with Gasteiger partial charge in [-0.15, -0.1) is 0 Å². The molecule has 0 aliphatic carbocycles. The van der Waals surface area contributed by atoms with E-state index >= 15 is 0 Å². The van der Waals surface area contributed by atoms with E-state index < -0.39 is 14.6 Å². The van der Waals surface area contributed by atoms with E-state index in [2.05, 4.69) is 9.97 Å². The lowest BCUT2D eigenvalue weighted by atomic mass is 10.2. The number of fused-ring (bicyclic) bond motifs is 1. The van der Waals surface area contributed by atoms with E-state index in [1.165, 1.54) is 20.4 Å². The Kier molecular flexibility index (Phi) is 4.51. The first-order valence-electron chi connectivity index (χ1n) is 8.19. The standard InChI is InChI=1S/C18H22N4O4S/c1-18(2,3)27(23,24)15-10-22-12(9-20-16(22)7-13(15)25-4)11-6-14(26-5)17(19)21-8-11/h6-10H,1-5H3,(H2,19,21). The summed E-state index contributed by atoms with van der Waals surface area (Å²) in [6, 6.07) is 3.33. The highest BCUT2D eigenvalue weighted by Gasteiger charge is 2.34. The molecule has 0 atom stereocenters. The van der Waals surface area contributed by atoms with Crippen molar-refractivity contribution in [3.8, 4) is 22.8 Å². The summed E-state index contributed by atoms with van der Waals surface area (Å²) in [6.45, 7) is 4.95. The molecule has 0 radical (unpaired) electrons. The van der Waals surface area contributed by atoms with Crippen LogP contribution in [0.15, 0.2) is 35.6 Å². The molecule has 0 bridgehead atoms. The first kappa shape index (κ1) is 19.0. The molecule has 0 saturated carbocycles. The van der Waals surface area contributed by atoms with Crippen LogP contribution in [0.5, 0.6) is 11.5 Å². The number of nitrogens with zero attached hydrogens (tertiary/aromatic N) is 3. The van der Waals surface area contributed by atoms with Gasteiger partial charge in [0.25, 0.3) is 0 Å². The molecule has 3 aromatic rings. The number of rotatable bonds is 4. The van der Waals surface area contributed by atoms with Gasteiger partial charge >= 0.3 is 0 Å². The molecule has 144 valence electrons. The van der Waals surface area contributed by atoms with Crippen molar-refractivity contribution in [3.05, 3.63) is 30.7 Å². The minimum absolute atomic E-state index is 0.0969. The Morgan fingerprint density at radius 1 is 1.04 bits per heavy atom. The van der Waals surface area contributed by atoms with Gasteiger partial charge in [0.05, 0.1) is 30.9 Å². The van der Waals surface area contributed by atoms with Crippen molar-refractivity contribution < 1.29 is 17.9 Å². The van der Waals surface area contributed by atoms with Gasteiger partial charge in [-0.1, -0.05) is 0 Å². The maximum absolute atomic E-state index is 13.0. The normalized spacial score (nSPS) is 12.3. The van der Waals surface area contributed by atoms with Crippen LogP contribution in [-0.4, -0.2) is 41.8 Å². The van der Waals surface area contributed by atoms with E-state index in [1.807, 2.05) is 0 Å². The number of hydrogen-bond acceptors (Lipinski definition) is 7. The average Bonchev–Trinajstić information content (AvgIpc) is 3.03. The van der Waals surface area contributed by atoms with Crippen LogP contribution in [0.25, 0.3) is 16.9 Å². The van der Waals surface area contributed by atoms with Gasteiger partial charge in [-0.25, -0.2) is 18.4 Å². The molecular weight excluding hydrogens is 368 g/mol. The summed E-state index contributed by atoms with van der Waals surface area (Å²) in [5.74, 6) is 0.953. The van der Waals surface area contributed by atoms with Crippen molar-refractivity contribution in [3.63, 3.8) is 0 Å². The topological polar surface area (TPSA) is 109 Å². The van der Waals surface area contributed by atoms with E-state index in [1.54, 1.807) is 49.7 Å². The third-order valence-electron chi connectivity index (χ3n) is 4.29. The molecule has 0 unspecified atom stereocenters. The zero-order valence-electron chi connectivity index (χ0n) is 15.8. The fourth-order valence-corrected chi connectivity index (χ4v) is 3.96. The van der Waals surface area contributed by atoms with Crippen LogP contribution in [0.4, 0.5) is 5.82 Å². The fraction of sp³-hybridized carbons (Fsp3) is 0.333. The number of aromatic nitrogens is 3. The van der Waals surface area contributed by atoms with Gasteiger partial charge in [-0.2, -0.15) is 0 Å². The average molecular weight is 390 g/mol. The van der Waals surface area contributed by atoms with Crippen LogP contribution in [-0.2, 0) is 9.84 Å². The number of hydrogen-bond donors (Lipinski definition) is 1. The van der Waals surface area contributed by atoms with Crippen molar-refractivity contribution in [2.45, 2.75) is 30.4 Å². The van der Waals surface area contributed by atoms with Crippen molar-refractivity contribution in [1.29, 1.82) is 0 Å². The molecule has 0 amide bonds. The summed E-state index contributed by atoms with van der Waals surface area (Å²) in [6.07, 6.45) is 4.75. The van der Waals surface area contributed by atoms with E-state index in [0.29, 0.717) is 22.7 Å². The van der Waals surface area contributed by atoms with Gasteiger partial charge in [0.1, 0.15) is 16.3 Å². The van der Waals surface area contributed by atoms with Gasteiger partial charge in [-0.05, 0) is 26.8 Å². The number of pyridine rings is 2. The predicted octanol–water partition coefficient (Wildman–Crippen LogP) is 2.57. The molecule has 0 aliphatic heterocycles. The molecule has 0 aromatic carbocycles. The summed E-state index contributed by atoms with van der Waals surface area (Å²) in [5.41, 5.74) is 7.67. The Morgan fingerprint density at radius 2 is 1.70 bits per heavy atom. The number of nitrogen functional groups attached to an aromatic ring is 1. The molecule has 8 nitrogen and oxygen atoms in total. The molecule has 27 heavy (non-hydrogen) atoms. The molecule has 0 saturated heterocycles. The van der Waals surface area contributed by atoms with Crippen LogP contribution in [0.2, 0.25) is 0 Å². The highest BCUT2D eigenvalue weighted by Crippen LogP contribution is 2.35. The Balaban J connectivity index is 2.29. The molecular formula is C18H22N4O4S. The molecule has 0 aliphatic rings. The Bertz CT molecular complexity index is 1110. The number of sulfone groups is 1. The molecule has 3 aromatic heterocycles. The van der Waals surface area contributed by atoms with E-state index in [4.69, 9.17) is 15.2 Å². The molecule has 2 N–H and O–H groups in total. The van der Waals surface area contributed by atoms with Crippen molar-refractivity contribution in [1.82, 2.24) is 14.4 Å². The molecule has 9 heteroatoms. The number of methoxy groups -OCH3 is 2. The van der Waals surface area contributed by atoms with E-state index in [-0.39, 0.29) is 16.5 Å². The van der Waals surface area contributed by atoms with Crippen LogP contribution in [0.1, 0.15) is 20.8 Å². The summed E-state index contributed by atoms with van der Waals surface area (Å²) in [7, 11) is -0.700. The summed E-state index contributed by atoms with van der Waals surface area (Å²) >= 11 is 0. The first-order chi connectivity index (χ1) is 12.6. The Labute approximate surface area is 157 Å². The minimum atomic E-state index is -3.64. The monoisotopic (exact) mass is 390 g/mol. The smallest absolute Gasteiger partial charge is 0.188 e. The summed E-state index contributed by atoms with van der Waals surface area (Å²) in [4.78, 5) is 8.58. The lowest BCUT2D eigenvalue weighted by molar-refractivity contribution is 0.401. The van der Waals surface area contributed by atoms with Crippen LogP contribution in [0.3, 0.4) is 0 Å². The third kappa shape index (κ3) is 3.08. The fourth-order valence-electron chi connectivity index (χ4n) is 2.65. The highest BCUT2D eigenvalue weighted by molar-refractivity contribution is 7.92. The van der Waals surface area contributed by atoms with Gasteiger partial charge < -0.3 is 15.2 Å². The van der Waals surface area contributed by atoms with E-state index in [9.17, 15) is 8.42 Å². The lowest BCUT2D eigenvalue weighted by Crippen LogP contribution is -2.28. The van der Waals surface area contributed by atoms with Crippen LogP contribution in [0, 0.1) is 0 Å². The molecule has 3 rings (SSSR count). The second-order valence-electron chi connectivity index (χ2n) is 7.01. The van der Waals surface area contributed by atoms with Crippen molar-refractivity contribution in [2.24, 2.45) is 0 Å². The highest BCUT2D eigenvalue weighted by atomic mass is 32.2. The SMILES string of the molecule is COc1cc2ncc(-c3cnc(N)c(OC)c3)n2cc1S(=O)(=O)C(C)(C)C. The second-order valence-corrected chi connectivity index (χ2v) is 9.68. The number of anilines is 1. The Morgan fingerprint density at radius 3 is 2.30 bits per heavy atom. The molecule has 0 spiro atoms. The maximum atomic E-state index is 13.0. The minimum Gasteiger partial charge on any atom is -0.495 e. The van der Waals surface area contributed by atoms with Gasteiger partial charge in [-0.3, -0.25) is 4.40 Å². The zero-order valence-corrected chi connectivity index (χ0v) is 16.7. The summed E-state index contributed by atoms with van der Waals surface area (Å²) in [5, 5.41) is 0. The van der Waals surface area contributed by atoms with Crippen molar-refractivity contribution in [2.75, 3.05) is 20.0 Å². The number of ether oxygens (including phenoxy) is 2. The quantitative estimate of drug-likeness (QED) is 0.729. The van der Waals surface area contributed by atoms with Crippen LogP contribution < -0.4 is 15.2 Å². The van der Waals surface area contributed by atoms with Crippen LogP contribution >= 0.6 is 0 Å². The van der Waals surface area contributed by atoms with Crippen molar-refractivity contribution >= 4 is 21.3 Å². The zero-order chi connectivity index (χ0) is 20.0. The maximum Gasteiger partial charge on any atom is 0.188 e. The molecule has 0 fully saturated rings. The predicted molar refractivity (Wildman–Crippen MR) is 103 cm³/mol. The lowest BCUT2D eigenvalue weighted by Gasteiger charge is -2.21. The summed E-state index contributed by atoms with van der Waals surface area (Å²) < 4.78 is 37.3. The van der Waals surface area contributed by atoms with E-state index in [0.717, 1.165) is 0 Å². The number of nitrogens with two attached hydrogens (primary N) is 1. The first-order valence-corrected chi connectivity index (χ1v) is 9.68. The van der Waals surface area contributed by atoms with Gasteiger partial charge in [0, 0.05) is 24.0 Å². The largest absolute Gasteiger partial charge is 0.495 e. The van der Waals surface area contributed by atoms with Gasteiger partial charge in [0.15, 0.2) is 21.4 Å². The molecule has 3 heterocycles. The Hall–Kier alpha value is -2.81. The van der Waals surface area contributed by atoms with Gasteiger partial charge in [0.2, 0.25) is 0 Å². The third-order valence-corrected chi connectivity index (χ3v) is 6.79. The number of imidazole rings is 1.